The van der Waals surface area contributed by atoms with E-state index in [-0.39, 0.29) is 11.5 Å². The molecule has 1 aliphatic heterocycles. The molecular weight excluding hydrogens is 422 g/mol. The Kier molecular flexibility index (Phi) is 5.05. The molecule has 1 fully saturated rings. The van der Waals surface area contributed by atoms with Crippen LogP contribution in [-0.2, 0) is 7.05 Å². The second-order valence-corrected chi connectivity index (χ2v) is 8.53. The van der Waals surface area contributed by atoms with Gasteiger partial charge in [-0.05, 0) is 55.7 Å². The first-order chi connectivity index (χ1) is 15.9. The van der Waals surface area contributed by atoms with Crippen molar-refractivity contribution in [2.24, 2.45) is 18.7 Å². The Bertz CT molecular complexity index is 1450. The number of hydrogen-bond acceptors (Lipinski definition) is 7. The second kappa shape index (κ2) is 7.93. The van der Waals surface area contributed by atoms with Gasteiger partial charge in [0.15, 0.2) is 11.5 Å². The fraction of sp³-hybridized carbons (Fsp3) is 0.292. The minimum Gasteiger partial charge on any atom is -0.440 e. The van der Waals surface area contributed by atoms with Gasteiger partial charge in [0, 0.05) is 31.4 Å². The van der Waals surface area contributed by atoms with Crippen LogP contribution in [0.5, 0.6) is 5.75 Å². The molecular formula is C24H25N5O4. The van der Waals surface area contributed by atoms with Gasteiger partial charge in [-0.1, -0.05) is 6.07 Å². The SMILES string of the molecule is Cc1ccc2oc(C3CCN(c4c(C(N)=O)c(=O)n(C)c5ccc(ON)cc45)CC3)nc2c1. The van der Waals surface area contributed by atoms with Crippen LogP contribution < -0.4 is 26.9 Å². The van der Waals surface area contributed by atoms with Crippen molar-refractivity contribution >= 4 is 33.6 Å². The molecule has 1 aliphatic rings. The number of amides is 1. The molecule has 1 saturated heterocycles. The number of anilines is 1. The molecule has 0 unspecified atom stereocenters. The number of nitrogens with two attached hydrogens (primary N) is 2. The molecule has 0 spiro atoms. The van der Waals surface area contributed by atoms with Crippen LogP contribution in [0.2, 0.25) is 0 Å². The summed E-state index contributed by atoms with van der Waals surface area (Å²) in [5, 5.41) is 0.685. The summed E-state index contributed by atoms with van der Waals surface area (Å²) in [7, 11) is 1.62. The van der Waals surface area contributed by atoms with Crippen molar-refractivity contribution in [3.05, 3.63) is 63.8 Å². The lowest BCUT2D eigenvalue weighted by atomic mass is 9.95. The number of benzene rings is 2. The van der Waals surface area contributed by atoms with E-state index in [1.807, 2.05) is 30.0 Å². The summed E-state index contributed by atoms with van der Waals surface area (Å²) in [6.07, 6.45) is 1.52. The lowest BCUT2D eigenvalue weighted by Gasteiger charge is -2.34. The number of pyridine rings is 1. The number of oxazole rings is 1. The minimum atomic E-state index is -0.761. The molecule has 5 rings (SSSR count). The van der Waals surface area contributed by atoms with Gasteiger partial charge in [0.25, 0.3) is 11.5 Å². The second-order valence-electron chi connectivity index (χ2n) is 8.53. The molecule has 0 bridgehead atoms. The average Bonchev–Trinajstić information content (AvgIpc) is 3.24. The molecule has 33 heavy (non-hydrogen) atoms. The Balaban J connectivity index is 1.53. The molecule has 9 nitrogen and oxygen atoms in total. The van der Waals surface area contributed by atoms with E-state index >= 15 is 0 Å². The zero-order chi connectivity index (χ0) is 23.3. The highest BCUT2D eigenvalue weighted by Gasteiger charge is 2.30. The van der Waals surface area contributed by atoms with Gasteiger partial charge in [-0.15, -0.1) is 0 Å². The first-order valence-electron chi connectivity index (χ1n) is 10.8. The van der Waals surface area contributed by atoms with Gasteiger partial charge in [0.2, 0.25) is 0 Å². The number of rotatable bonds is 4. The number of aryl methyl sites for hydroxylation is 2. The molecule has 0 saturated carbocycles. The third-order valence-electron chi connectivity index (χ3n) is 6.44. The fourth-order valence-corrected chi connectivity index (χ4v) is 4.71. The van der Waals surface area contributed by atoms with Crippen LogP contribution in [0.3, 0.4) is 0 Å². The lowest BCUT2D eigenvalue weighted by molar-refractivity contribution is 0.0999. The predicted molar refractivity (Wildman–Crippen MR) is 125 cm³/mol. The molecule has 0 radical (unpaired) electrons. The van der Waals surface area contributed by atoms with Crippen molar-refractivity contribution in [3.63, 3.8) is 0 Å². The van der Waals surface area contributed by atoms with Crippen LogP contribution in [0.15, 0.2) is 45.6 Å². The van der Waals surface area contributed by atoms with Crippen molar-refractivity contribution in [1.29, 1.82) is 0 Å². The number of primary amides is 1. The summed E-state index contributed by atoms with van der Waals surface area (Å²) in [6, 6.07) is 11.1. The number of nitrogens with zero attached hydrogens (tertiary/aromatic N) is 3. The van der Waals surface area contributed by atoms with E-state index < -0.39 is 11.5 Å². The van der Waals surface area contributed by atoms with E-state index in [1.165, 1.54) is 4.57 Å². The van der Waals surface area contributed by atoms with E-state index in [0.29, 0.717) is 35.4 Å². The minimum absolute atomic E-state index is 0.0324. The van der Waals surface area contributed by atoms with E-state index in [9.17, 15) is 9.59 Å². The van der Waals surface area contributed by atoms with Gasteiger partial charge >= 0.3 is 0 Å². The zero-order valence-corrected chi connectivity index (χ0v) is 18.5. The van der Waals surface area contributed by atoms with Crippen LogP contribution >= 0.6 is 0 Å². The molecule has 4 aromatic rings. The summed E-state index contributed by atoms with van der Waals surface area (Å²) in [6.45, 7) is 3.25. The van der Waals surface area contributed by atoms with Crippen molar-refractivity contribution in [3.8, 4) is 5.75 Å². The highest BCUT2D eigenvalue weighted by molar-refractivity contribution is 6.07. The monoisotopic (exact) mass is 447 g/mol. The third-order valence-corrected chi connectivity index (χ3v) is 6.44. The van der Waals surface area contributed by atoms with Crippen LogP contribution in [-0.4, -0.2) is 28.5 Å². The quantitative estimate of drug-likeness (QED) is 0.460. The Morgan fingerprint density at radius 1 is 1.18 bits per heavy atom. The lowest BCUT2D eigenvalue weighted by Crippen LogP contribution is -2.38. The largest absolute Gasteiger partial charge is 0.440 e. The van der Waals surface area contributed by atoms with Crippen molar-refractivity contribution in [2.45, 2.75) is 25.7 Å². The smallest absolute Gasteiger partial charge is 0.265 e. The Morgan fingerprint density at radius 2 is 1.94 bits per heavy atom. The van der Waals surface area contributed by atoms with Gasteiger partial charge < -0.3 is 24.5 Å². The van der Waals surface area contributed by atoms with Gasteiger partial charge in [-0.2, -0.15) is 5.90 Å². The molecule has 170 valence electrons. The van der Waals surface area contributed by atoms with Crippen LogP contribution in [0, 0.1) is 6.92 Å². The molecule has 9 heteroatoms. The summed E-state index contributed by atoms with van der Waals surface area (Å²) >= 11 is 0. The number of carbonyl (C=O) groups is 1. The molecule has 3 heterocycles. The van der Waals surface area contributed by atoms with Crippen molar-refractivity contribution in [1.82, 2.24) is 9.55 Å². The number of aromatic nitrogens is 2. The number of piperidine rings is 1. The van der Waals surface area contributed by atoms with Crippen molar-refractivity contribution < 1.29 is 14.0 Å². The molecule has 0 atom stereocenters. The Labute approximate surface area is 189 Å². The van der Waals surface area contributed by atoms with E-state index in [0.717, 1.165) is 35.4 Å². The standard InChI is InChI=1S/C24H25N5O4/c1-13-3-6-19-17(11-13)27-23(32-19)14-7-9-29(10-8-14)21-16-12-15(33-26)4-5-18(16)28(2)24(31)20(21)22(25)30/h3-6,11-12,14H,7-10,26H2,1-2H3,(H2,25,30). The van der Waals surface area contributed by atoms with Crippen molar-refractivity contribution in [2.75, 3.05) is 18.0 Å². The van der Waals surface area contributed by atoms with Gasteiger partial charge in [0.05, 0.1) is 11.2 Å². The molecule has 1 amide bonds. The summed E-state index contributed by atoms with van der Waals surface area (Å²) < 4.78 is 7.44. The summed E-state index contributed by atoms with van der Waals surface area (Å²) in [5.41, 5.74) is 9.16. The van der Waals surface area contributed by atoms with Crippen LogP contribution in [0.1, 0.15) is 40.6 Å². The van der Waals surface area contributed by atoms with Gasteiger partial charge in [-0.3, -0.25) is 9.59 Å². The maximum atomic E-state index is 13.0. The van der Waals surface area contributed by atoms with E-state index in [4.69, 9.17) is 25.9 Å². The van der Waals surface area contributed by atoms with Gasteiger partial charge in [-0.25, -0.2) is 4.98 Å². The first kappa shape index (κ1) is 21.0. The third kappa shape index (κ3) is 3.50. The highest BCUT2D eigenvalue weighted by atomic mass is 16.6. The number of fused-ring (bicyclic) bond motifs is 2. The Morgan fingerprint density at radius 3 is 2.64 bits per heavy atom. The maximum Gasteiger partial charge on any atom is 0.265 e. The molecule has 2 aromatic heterocycles. The van der Waals surface area contributed by atoms with E-state index in [1.54, 1.807) is 25.2 Å². The number of hydrogen-bond donors (Lipinski definition) is 2. The average molecular weight is 447 g/mol. The predicted octanol–water partition coefficient (Wildman–Crippen LogP) is 2.72. The molecule has 0 aliphatic carbocycles. The Hall–Kier alpha value is -3.85. The number of carbonyl (C=O) groups excluding carboxylic acids is 1. The topological polar surface area (TPSA) is 130 Å². The fourth-order valence-electron chi connectivity index (χ4n) is 4.71. The summed E-state index contributed by atoms with van der Waals surface area (Å²) in [4.78, 5) is 37.0. The molecule has 4 N–H and O–H groups in total. The van der Waals surface area contributed by atoms with E-state index in [2.05, 4.69) is 0 Å². The zero-order valence-electron chi connectivity index (χ0n) is 18.5. The normalized spacial score (nSPS) is 14.8. The van der Waals surface area contributed by atoms with Gasteiger partial charge in [0.1, 0.15) is 16.8 Å². The van der Waals surface area contributed by atoms with Crippen LogP contribution in [0.4, 0.5) is 5.69 Å². The maximum absolute atomic E-state index is 13.0. The molecule has 2 aromatic carbocycles. The highest BCUT2D eigenvalue weighted by Crippen LogP contribution is 2.36. The first-order valence-corrected chi connectivity index (χ1v) is 10.8. The van der Waals surface area contributed by atoms with Crippen LogP contribution in [0.25, 0.3) is 22.0 Å². The summed E-state index contributed by atoms with van der Waals surface area (Å²) in [5.74, 6) is 5.90.